The molecule has 0 unspecified atom stereocenters. The molecule has 0 aliphatic carbocycles. The molecule has 0 saturated carbocycles. The van der Waals surface area contributed by atoms with Gasteiger partial charge in [-0.2, -0.15) is 0 Å². The zero-order valence-electron chi connectivity index (χ0n) is 15.1. The minimum absolute atomic E-state index is 0. The number of carbonyl (C=O) groups is 1. The van der Waals surface area contributed by atoms with Crippen LogP contribution < -0.4 is 15.4 Å². The molecule has 1 aromatic heterocycles. The summed E-state index contributed by atoms with van der Waals surface area (Å²) < 4.78 is 11.0. The Bertz CT molecular complexity index is 668. The zero-order chi connectivity index (χ0) is 17.5. The van der Waals surface area contributed by atoms with Crippen LogP contribution in [0.4, 0.5) is 0 Å². The number of likely N-dealkylation sites (N-methyl/N-ethyl adjacent to an activating group) is 1. The summed E-state index contributed by atoms with van der Waals surface area (Å²) in [6.45, 7) is 9.54. The summed E-state index contributed by atoms with van der Waals surface area (Å²) in [4.78, 5) is 12.4. The third-order valence-corrected chi connectivity index (χ3v) is 3.81. The second kappa shape index (κ2) is 10.1. The number of benzene rings is 1. The van der Waals surface area contributed by atoms with E-state index in [0.717, 1.165) is 23.6 Å². The molecule has 1 amide bonds. The monoisotopic (exact) mass is 367 g/mol. The van der Waals surface area contributed by atoms with E-state index < -0.39 is 0 Å². The van der Waals surface area contributed by atoms with Crippen LogP contribution in [-0.2, 0) is 6.61 Å². The maximum Gasteiger partial charge on any atom is 0.255 e. The van der Waals surface area contributed by atoms with Crippen LogP contribution in [0, 0.1) is 13.8 Å². The Hall–Kier alpha value is -2.05. The molecule has 7 heteroatoms. The highest BCUT2D eigenvalue weighted by atomic mass is 35.5. The van der Waals surface area contributed by atoms with E-state index in [4.69, 9.17) is 9.26 Å². The number of carbonyl (C=O) groups excluding carboxylic acids is 1. The normalized spacial score (nSPS) is 11.5. The molecule has 2 rings (SSSR count). The smallest absolute Gasteiger partial charge is 0.255 e. The van der Waals surface area contributed by atoms with Gasteiger partial charge < -0.3 is 19.9 Å². The molecule has 0 aliphatic rings. The SMILES string of the molecule is CCN[C@H](C)CNC(=O)c1ccccc1OCc1c(C)noc1C.Cl. The number of ether oxygens (including phenoxy) is 1. The van der Waals surface area contributed by atoms with E-state index in [1.807, 2.05) is 39.8 Å². The number of rotatable bonds is 8. The van der Waals surface area contributed by atoms with Crippen molar-refractivity contribution < 1.29 is 14.1 Å². The van der Waals surface area contributed by atoms with Crippen LogP contribution in [0.1, 0.15) is 41.2 Å². The van der Waals surface area contributed by atoms with Crippen LogP contribution in [0.2, 0.25) is 0 Å². The van der Waals surface area contributed by atoms with Gasteiger partial charge in [0.25, 0.3) is 5.91 Å². The lowest BCUT2D eigenvalue weighted by atomic mass is 10.1. The molecule has 1 aromatic carbocycles. The first-order valence-electron chi connectivity index (χ1n) is 8.18. The fraction of sp³-hybridized carbons (Fsp3) is 0.444. The van der Waals surface area contributed by atoms with E-state index in [0.29, 0.717) is 24.5 Å². The molecule has 25 heavy (non-hydrogen) atoms. The van der Waals surface area contributed by atoms with Gasteiger partial charge in [-0.15, -0.1) is 12.4 Å². The van der Waals surface area contributed by atoms with Crippen LogP contribution in [0.15, 0.2) is 28.8 Å². The van der Waals surface area contributed by atoms with Gasteiger partial charge in [-0.25, -0.2) is 0 Å². The fourth-order valence-corrected chi connectivity index (χ4v) is 2.40. The lowest BCUT2D eigenvalue weighted by molar-refractivity contribution is 0.0945. The first-order chi connectivity index (χ1) is 11.5. The highest BCUT2D eigenvalue weighted by Gasteiger charge is 2.15. The fourth-order valence-electron chi connectivity index (χ4n) is 2.40. The predicted molar refractivity (Wildman–Crippen MR) is 99.5 cm³/mol. The number of nitrogens with one attached hydrogen (secondary N) is 2. The number of para-hydroxylation sites is 1. The molecule has 2 aromatic rings. The van der Waals surface area contributed by atoms with Gasteiger partial charge in [0.1, 0.15) is 18.1 Å². The minimum atomic E-state index is -0.144. The Morgan fingerprint density at radius 2 is 2.04 bits per heavy atom. The molecule has 0 spiro atoms. The van der Waals surface area contributed by atoms with Gasteiger partial charge in [0.05, 0.1) is 16.8 Å². The second-order valence-electron chi connectivity index (χ2n) is 5.76. The molecule has 0 saturated heterocycles. The standard InChI is InChI=1S/C18H25N3O3.ClH/c1-5-19-12(2)10-20-18(22)15-8-6-7-9-17(15)23-11-16-13(3)21-24-14(16)4;/h6-9,12,19H,5,10-11H2,1-4H3,(H,20,22);1H/t12-;/m1./s1. The van der Waals surface area contributed by atoms with Crippen molar-refractivity contribution in [1.29, 1.82) is 0 Å². The highest BCUT2D eigenvalue weighted by molar-refractivity contribution is 5.96. The Morgan fingerprint density at radius 1 is 1.32 bits per heavy atom. The lowest BCUT2D eigenvalue weighted by Gasteiger charge is -2.15. The molecule has 0 aliphatic heterocycles. The van der Waals surface area contributed by atoms with Gasteiger partial charge in [0.2, 0.25) is 0 Å². The van der Waals surface area contributed by atoms with Crippen LogP contribution in [0.5, 0.6) is 5.75 Å². The molecule has 1 heterocycles. The average molecular weight is 368 g/mol. The number of halogens is 1. The summed E-state index contributed by atoms with van der Waals surface area (Å²) in [5.41, 5.74) is 2.23. The average Bonchev–Trinajstić information content (AvgIpc) is 2.89. The van der Waals surface area contributed by atoms with Crippen molar-refractivity contribution in [2.45, 2.75) is 40.3 Å². The molecule has 0 bridgehead atoms. The molecule has 138 valence electrons. The number of aromatic nitrogens is 1. The number of amides is 1. The molecule has 6 nitrogen and oxygen atoms in total. The first-order valence-corrected chi connectivity index (χ1v) is 8.18. The Morgan fingerprint density at radius 3 is 2.68 bits per heavy atom. The van der Waals surface area contributed by atoms with Gasteiger partial charge >= 0.3 is 0 Å². The van der Waals surface area contributed by atoms with Gasteiger partial charge in [-0.3, -0.25) is 4.79 Å². The summed E-state index contributed by atoms with van der Waals surface area (Å²) in [5.74, 6) is 1.13. The van der Waals surface area contributed by atoms with Crippen molar-refractivity contribution in [3.63, 3.8) is 0 Å². The number of hydrogen-bond acceptors (Lipinski definition) is 5. The predicted octanol–water partition coefficient (Wildman–Crippen LogP) is 3.02. The molecule has 0 fully saturated rings. The lowest BCUT2D eigenvalue weighted by Crippen LogP contribution is -2.38. The Kier molecular flexibility index (Phi) is 8.45. The Labute approximate surface area is 154 Å². The van der Waals surface area contributed by atoms with E-state index in [-0.39, 0.29) is 24.4 Å². The minimum Gasteiger partial charge on any atom is -0.488 e. The van der Waals surface area contributed by atoms with Gasteiger partial charge in [0, 0.05) is 12.6 Å². The van der Waals surface area contributed by atoms with Crippen LogP contribution in [0.25, 0.3) is 0 Å². The first kappa shape index (κ1) is 21.0. The van der Waals surface area contributed by atoms with E-state index in [9.17, 15) is 4.79 Å². The van der Waals surface area contributed by atoms with Crippen molar-refractivity contribution in [3.05, 3.63) is 46.8 Å². The van der Waals surface area contributed by atoms with Crippen LogP contribution in [0.3, 0.4) is 0 Å². The van der Waals surface area contributed by atoms with Gasteiger partial charge in [-0.1, -0.05) is 24.2 Å². The summed E-state index contributed by atoms with van der Waals surface area (Å²) in [5, 5.41) is 10.1. The Balaban J connectivity index is 0.00000312. The summed E-state index contributed by atoms with van der Waals surface area (Å²) in [6.07, 6.45) is 0. The number of nitrogens with zero attached hydrogens (tertiary/aromatic N) is 1. The third-order valence-electron chi connectivity index (χ3n) is 3.81. The topological polar surface area (TPSA) is 76.4 Å². The van der Waals surface area contributed by atoms with Crippen LogP contribution >= 0.6 is 12.4 Å². The third kappa shape index (κ3) is 5.76. The van der Waals surface area contributed by atoms with Crippen molar-refractivity contribution in [3.8, 4) is 5.75 Å². The molecular weight excluding hydrogens is 342 g/mol. The molecular formula is C18H26ClN3O3. The van der Waals surface area contributed by atoms with E-state index in [1.54, 1.807) is 12.1 Å². The van der Waals surface area contributed by atoms with Gasteiger partial charge in [0.15, 0.2) is 0 Å². The summed E-state index contributed by atoms with van der Waals surface area (Å²) >= 11 is 0. The van der Waals surface area contributed by atoms with Crippen molar-refractivity contribution in [1.82, 2.24) is 15.8 Å². The van der Waals surface area contributed by atoms with E-state index >= 15 is 0 Å². The number of hydrogen-bond donors (Lipinski definition) is 2. The molecule has 1 atom stereocenters. The summed E-state index contributed by atoms with van der Waals surface area (Å²) in [7, 11) is 0. The van der Waals surface area contributed by atoms with Crippen LogP contribution in [-0.4, -0.2) is 30.2 Å². The van der Waals surface area contributed by atoms with E-state index in [2.05, 4.69) is 15.8 Å². The van der Waals surface area contributed by atoms with Crippen molar-refractivity contribution in [2.24, 2.45) is 0 Å². The molecule has 0 radical (unpaired) electrons. The highest BCUT2D eigenvalue weighted by Crippen LogP contribution is 2.21. The maximum absolute atomic E-state index is 12.4. The maximum atomic E-state index is 12.4. The van der Waals surface area contributed by atoms with Gasteiger partial charge in [-0.05, 0) is 39.4 Å². The van der Waals surface area contributed by atoms with E-state index in [1.165, 1.54) is 0 Å². The van der Waals surface area contributed by atoms with Crippen molar-refractivity contribution in [2.75, 3.05) is 13.1 Å². The number of aryl methyl sites for hydroxylation is 2. The second-order valence-corrected chi connectivity index (χ2v) is 5.76. The summed E-state index contributed by atoms with van der Waals surface area (Å²) in [6, 6.07) is 7.44. The zero-order valence-corrected chi connectivity index (χ0v) is 15.9. The largest absolute Gasteiger partial charge is 0.488 e. The van der Waals surface area contributed by atoms with Crippen molar-refractivity contribution >= 4 is 18.3 Å². The quantitative estimate of drug-likeness (QED) is 0.750. The molecule has 2 N–H and O–H groups in total.